The van der Waals surface area contributed by atoms with Crippen LogP contribution in [0.4, 0.5) is 0 Å². The van der Waals surface area contributed by atoms with Gasteiger partial charge < -0.3 is 10.0 Å². The number of sulfonamides is 1. The van der Waals surface area contributed by atoms with Crippen LogP contribution < -0.4 is 0 Å². The zero-order valence-electron chi connectivity index (χ0n) is 14.0. The van der Waals surface area contributed by atoms with Gasteiger partial charge in [0.25, 0.3) is 0 Å². The van der Waals surface area contributed by atoms with Gasteiger partial charge in [0, 0.05) is 44.4 Å². The summed E-state index contributed by atoms with van der Waals surface area (Å²) in [6.45, 7) is 2.64. The summed E-state index contributed by atoms with van der Waals surface area (Å²) in [5, 5.41) is 10.7. The van der Waals surface area contributed by atoms with Crippen LogP contribution in [0.2, 0.25) is 0 Å². The van der Waals surface area contributed by atoms with Crippen molar-refractivity contribution < 1.29 is 18.3 Å². The van der Waals surface area contributed by atoms with E-state index in [1.807, 2.05) is 30.3 Å². The van der Waals surface area contributed by atoms with E-state index in [1.54, 1.807) is 4.90 Å². The highest BCUT2D eigenvalue weighted by atomic mass is 32.2. The van der Waals surface area contributed by atoms with E-state index in [-0.39, 0.29) is 23.8 Å². The molecule has 24 heavy (non-hydrogen) atoms. The van der Waals surface area contributed by atoms with Crippen LogP contribution in [-0.4, -0.2) is 66.7 Å². The summed E-state index contributed by atoms with van der Waals surface area (Å²) in [5.74, 6) is -0.348. The third kappa shape index (κ3) is 3.20. The second kappa shape index (κ2) is 6.46. The molecule has 2 aliphatic rings. The summed E-state index contributed by atoms with van der Waals surface area (Å²) >= 11 is 0. The molecular formula is C17H24N2O4S. The largest absolute Gasteiger partial charge is 0.393 e. The Balaban J connectivity index is 2.02. The lowest BCUT2D eigenvalue weighted by molar-refractivity contribution is -0.129. The van der Waals surface area contributed by atoms with Crippen LogP contribution >= 0.6 is 0 Å². The maximum atomic E-state index is 12.3. The normalized spacial score (nSPS) is 31.5. The molecule has 4 atom stereocenters. The summed E-state index contributed by atoms with van der Waals surface area (Å²) < 4.78 is 26.1. The molecule has 1 aromatic carbocycles. The van der Waals surface area contributed by atoms with Crippen LogP contribution in [0, 0.1) is 5.92 Å². The molecule has 2 fully saturated rings. The number of amides is 1. The number of rotatable bonds is 2. The molecule has 2 heterocycles. The van der Waals surface area contributed by atoms with Gasteiger partial charge in [0.05, 0.1) is 12.4 Å². The van der Waals surface area contributed by atoms with E-state index >= 15 is 0 Å². The molecule has 3 rings (SSSR count). The Morgan fingerprint density at radius 3 is 2.46 bits per heavy atom. The highest BCUT2D eigenvalue weighted by Crippen LogP contribution is 2.42. The van der Waals surface area contributed by atoms with Gasteiger partial charge in [-0.25, -0.2) is 8.42 Å². The van der Waals surface area contributed by atoms with Crippen LogP contribution in [0.1, 0.15) is 24.8 Å². The molecule has 6 nitrogen and oxygen atoms in total. The van der Waals surface area contributed by atoms with E-state index in [0.717, 1.165) is 5.56 Å². The molecular weight excluding hydrogens is 328 g/mol. The lowest BCUT2D eigenvalue weighted by Gasteiger charge is -2.30. The topological polar surface area (TPSA) is 77.9 Å². The lowest BCUT2D eigenvalue weighted by Crippen LogP contribution is -2.46. The minimum Gasteiger partial charge on any atom is -0.393 e. The van der Waals surface area contributed by atoms with Gasteiger partial charge in [0.15, 0.2) is 0 Å². The number of benzene rings is 1. The molecule has 0 aromatic heterocycles. The van der Waals surface area contributed by atoms with Crippen molar-refractivity contribution in [2.24, 2.45) is 5.92 Å². The molecule has 0 aliphatic carbocycles. The van der Waals surface area contributed by atoms with Crippen molar-refractivity contribution in [3.8, 4) is 0 Å². The van der Waals surface area contributed by atoms with Gasteiger partial charge in [-0.15, -0.1) is 0 Å². The molecule has 7 heteroatoms. The maximum Gasteiger partial charge on any atom is 0.219 e. The predicted octanol–water partition coefficient (Wildman–Crippen LogP) is 0.643. The zero-order valence-corrected chi connectivity index (χ0v) is 14.8. The summed E-state index contributed by atoms with van der Waals surface area (Å²) in [5.41, 5.74) is 1.04. The Hall–Kier alpha value is -1.44. The van der Waals surface area contributed by atoms with Gasteiger partial charge >= 0.3 is 0 Å². The van der Waals surface area contributed by atoms with Crippen LogP contribution in [0.15, 0.2) is 30.3 Å². The number of carbonyl (C=O) groups excluding carboxylic acids is 1. The van der Waals surface area contributed by atoms with Crippen LogP contribution in [-0.2, 0) is 14.8 Å². The Morgan fingerprint density at radius 1 is 1.21 bits per heavy atom. The van der Waals surface area contributed by atoms with E-state index in [1.165, 1.54) is 17.5 Å². The fourth-order valence-electron chi connectivity index (χ4n) is 4.14. The van der Waals surface area contributed by atoms with Crippen LogP contribution in [0.5, 0.6) is 0 Å². The Morgan fingerprint density at radius 2 is 1.88 bits per heavy atom. The number of nitrogens with zero attached hydrogens (tertiary/aromatic N) is 2. The van der Waals surface area contributed by atoms with Crippen molar-refractivity contribution in [3.63, 3.8) is 0 Å². The van der Waals surface area contributed by atoms with Crippen molar-refractivity contribution in [2.75, 3.05) is 25.9 Å². The first-order chi connectivity index (χ1) is 11.3. The fraction of sp³-hybridized carbons (Fsp3) is 0.588. The predicted molar refractivity (Wildman–Crippen MR) is 90.9 cm³/mol. The molecule has 0 bridgehead atoms. The molecule has 132 valence electrons. The SMILES string of the molecule is CC(=O)N1CC[C@@H](O)[C@@H]2[C@@H](C1)N(S(C)(=O)=O)C[C@H]2c1ccccc1. The Bertz CT molecular complexity index is 707. The number of likely N-dealkylation sites (tertiary alicyclic amines) is 1. The van der Waals surface area contributed by atoms with E-state index in [0.29, 0.717) is 26.1 Å². The van der Waals surface area contributed by atoms with Gasteiger partial charge in [-0.05, 0) is 12.0 Å². The van der Waals surface area contributed by atoms with E-state index in [4.69, 9.17) is 0 Å². The number of hydrogen-bond donors (Lipinski definition) is 1. The van der Waals surface area contributed by atoms with Crippen molar-refractivity contribution in [1.82, 2.24) is 9.21 Å². The third-order valence-electron chi connectivity index (χ3n) is 5.30. The first-order valence-corrected chi connectivity index (χ1v) is 10.1. The fourth-order valence-corrected chi connectivity index (χ4v) is 5.27. The summed E-state index contributed by atoms with van der Waals surface area (Å²) in [6, 6.07) is 9.36. The monoisotopic (exact) mass is 352 g/mol. The summed E-state index contributed by atoms with van der Waals surface area (Å²) in [6.07, 6.45) is 1.05. The molecule has 1 aromatic rings. The minimum absolute atomic E-state index is 0.0622. The van der Waals surface area contributed by atoms with Crippen LogP contribution in [0.25, 0.3) is 0 Å². The molecule has 0 radical (unpaired) electrons. The first-order valence-electron chi connectivity index (χ1n) is 8.24. The van der Waals surface area contributed by atoms with E-state index in [9.17, 15) is 18.3 Å². The van der Waals surface area contributed by atoms with Gasteiger partial charge in [-0.2, -0.15) is 4.31 Å². The molecule has 0 unspecified atom stereocenters. The Labute approximate surface area is 143 Å². The molecule has 1 N–H and O–H groups in total. The average molecular weight is 352 g/mol. The molecule has 0 saturated carbocycles. The highest BCUT2D eigenvalue weighted by molar-refractivity contribution is 7.88. The van der Waals surface area contributed by atoms with E-state index < -0.39 is 16.1 Å². The number of aliphatic hydroxyl groups excluding tert-OH is 1. The standard InChI is InChI=1S/C17H24N2O4S/c1-12(20)18-9-8-16(21)17-14(13-6-4-3-5-7-13)10-19(15(17)11-18)24(2,22)23/h3-7,14-17,21H,8-11H2,1-2H3/t14-,15+,16+,17-/m0/s1. The second-order valence-corrected chi connectivity index (χ2v) is 8.75. The van der Waals surface area contributed by atoms with E-state index in [2.05, 4.69) is 0 Å². The first kappa shape index (κ1) is 17.4. The number of hydrogen-bond acceptors (Lipinski definition) is 4. The molecule has 2 saturated heterocycles. The van der Waals surface area contributed by atoms with Crippen LogP contribution in [0.3, 0.4) is 0 Å². The number of fused-ring (bicyclic) bond motifs is 1. The number of aliphatic hydroxyl groups is 1. The third-order valence-corrected chi connectivity index (χ3v) is 6.57. The van der Waals surface area contributed by atoms with Crippen molar-refractivity contribution in [1.29, 1.82) is 0 Å². The highest BCUT2D eigenvalue weighted by Gasteiger charge is 2.50. The Kier molecular flexibility index (Phi) is 4.68. The quantitative estimate of drug-likeness (QED) is 0.847. The van der Waals surface area contributed by atoms with Gasteiger partial charge in [-0.3, -0.25) is 4.79 Å². The second-order valence-electron chi connectivity index (χ2n) is 6.82. The van der Waals surface area contributed by atoms with Crippen molar-refractivity contribution in [2.45, 2.75) is 31.4 Å². The van der Waals surface area contributed by atoms with Gasteiger partial charge in [0.1, 0.15) is 0 Å². The summed E-state index contributed by atoms with van der Waals surface area (Å²) in [7, 11) is -3.42. The molecule has 2 aliphatic heterocycles. The zero-order chi connectivity index (χ0) is 17.5. The maximum absolute atomic E-state index is 12.3. The summed E-state index contributed by atoms with van der Waals surface area (Å²) in [4.78, 5) is 13.5. The van der Waals surface area contributed by atoms with Crippen molar-refractivity contribution in [3.05, 3.63) is 35.9 Å². The van der Waals surface area contributed by atoms with Gasteiger partial charge in [-0.1, -0.05) is 30.3 Å². The number of carbonyl (C=O) groups is 1. The lowest BCUT2D eigenvalue weighted by atomic mass is 9.81. The smallest absolute Gasteiger partial charge is 0.219 e. The molecule has 0 spiro atoms. The van der Waals surface area contributed by atoms with Gasteiger partial charge in [0.2, 0.25) is 15.9 Å². The minimum atomic E-state index is -3.42. The average Bonchev–Trinajstić information content (AvgIpc) is 2.83. The van der Waals surface area contributed by atoms with Crippen molar-refractivity contribution >= 4 is 15.9 Å². The molecule has 1 amide bonds.